The first kappa shape index (κ1) is 19.4. The fourth-order valence-electron chi connectivity index (χ4n) is 3.04. The van der Waals surface area contributed by atoms with Gasteiger partial charge < -0.3 is 15.3 Å². The Bertz CT molecular complexity index is 771. The second-order valence-corrected chi connectivity index (χ2v) is 6.89. The molecule has 3 rings (SSSR count). The largest absolute Gasteiger partial charge is 0.390 e. The van der Waals surface area contributed by atoms with E-state index in [9.17, 15) is 5.11 Å². The fourth-order valence-corrected chi connectivity index (χ4v) is 3.27. The summed E-state index contributed by atoms with van der Waals surface area (Å²) in [6.07, 6.45) is 0.352. The fraction of sp³-hybridized carbons (Fsp3) is 0.217. The highest BCUT2D eigenvalue weighted by molar-refractivity contribution is 6.31. The zero-order chi connectivity index (χ0) is 18.9. The van der Waals surface area contributed by atoms with Crippen molar-refractivity contribution in [3.8, 4) is 0 Å². The van der Waals surface area contributed by atoms with Crippen molar-refractivity contribution in [3.63, 3.8) is 0 Å². The van der Waals surface area contributed by atoms with E-state index in [0.29, 0.717) is 13.1 Å². The molecule has 3 aromatic rings. The molecule has 0 heterocycles. The van der Waals surface area contributed by atoms with Gasteiger partial charge in [0.15, 0.2) is 0 Å². The lowest BCUT2D eigenvalue weighted by atomic mass is 10.1. The molecule has 0 spiro atoms. The van der Waals surface area contributed by atoms with Crippen molar-refractivity contribution in [3.05, 3.63) is 95.5 Å². The van der Waals surface area contributed by atoms with Crippen molar-refractivity contribution < 1.29 is 5.11 Å². The molecular weight excluding hydrogens is 356 g/mol. The van der Waals surface area contributed by atoms with Crippen LogP contribution in [0.1, 0.15) is 5.56 Å². The highest BCUT2D eigenvalue weighted by Gasteiger charge is 2.14. The summed E-state index contributed by atoms with van der Waals surface area (Å²) in [5, 5.41) is 14.7. The molecule has 3 aromatic carbocycles. The van der Waals surface area contributed by atoms with Crippen molar-refractivity contribution in [2.75, 3.05) is 24.5 Å². The smallest absolute Gasteiger partial charge is 0.0843 e. The predicted molar refractivity (Wildman–Crippen MR) is 114 cm³/mol. The maximum atomic E-state index is 10.6. The Morgan fingerprint density at radius 2 is 1.37 bits per heavy atom. The van der Waals surface area contributed by atoms with Crippen molar-refractivity contribution in [1.29, 1.82) is 0 Å². The number of halogens is 1. The van der Waals surface area contributed by atoms with Gasteiger partial charge in [-0.1, -0.05) is 66.2 Å². The number of aliphatic hydroxyl groups is 1. The Balaban J connectivity index is 1.55. The molecular formula is C23H25ClN2O. The van der Waals surface area contributed by atoms with Crippen LogP contribution >= 0.6 is 11.6 Å². The first-order valence-corrected chi connectivity index (χ1v) is 9.61. The molecule has 3 nitrogen and oxygen atoms in total. The summed E-state index contributed by atoms with van der Waals surface area (Å²) in [5.74, 6) is 0. The lowest BCUT2D eigenvalue weighted by Crippen LogP contribution is -2.37. The van der Waals surface area contributed by atoms with Gasteiger partial charge in [0, 0.05) is 22.9 Å². The third-order valence-electron chi connectivity index (χ3n) is 4.44. The number of hydrogen-bond donors (Lipinski definition) is 2. The zero-order valence-electron chi connectivity index (χ0n) is 15.3. The van der Waals surface area contributed by atoms with E-state index in [1.165, 1.54) is 0 Å². The van der Waals surface area contributed by atoms with Crippen LogP contribution in [0, 0.1) is 0 Å². The molecule has 0 amide bonds. The van der Waals surface area contributed by atoms with E-state index in [1.807, 2.05) is 60.7 Å². The summed E-state index contributed by atoms with van der Waals surface area (Å²) in [6.45, 7) is 1.82. The summed E-state index contributed by atoms with van der Waals surface area (Å²) in [4.78, 5) is 2.14. The summed E-state index contributed by atoms with van der Waals surface area (Å²) in [7, 11) is 0. The summed E-state index contributed by atoms with van der Waals surface area (Å²) < 4.78 is 0. The van der Waals surface area contributed by atoms with Crippen LogP contribution in [0.5, 0.6) is 0 Å². The van der Waals surface area contributed by atoms with Crippen molar-refractivity contribution >= 4 is 23.0 Å². The molecule has 140 valence electrons. The van der Waals surface area contributed by atoms with Gasteiger partial charge >= 0.3 is 0 Å². The summed E-state index contributed by atoms with van der Waals surface area (Å²) in [5.41, 5.74) is 3.26. The number of nitrogens with one attached hydrogen (secondary N) is 1. The van der Waals surface area contributed by atoms with Gasteiger partial charge in [0.1, 0.15) is 0 Å². The van der Waals surface area contributed by atoms with E-state index in [0.717, 1.165) is 34.9 Å². The van der Waals surface area contributed by atoms with Gasteiger partial charge in [-0.25, -0.2) is 0 Å². The second-order valence-electron chi connectivity index (χ2n) is 6.48. The number of nitrogens with zero attached hydrogens (tertiary/aromatic N) is 1. The van der Waals surface area contributed by atoms with E-state index in [1.54, 1.807) is 0 Å². The predicted octanol–water partition coefficient (Wildman–Crippen LogP) is 4.67. The van der Waals surface area contributed by atoms with Crippen LogP contribution in [0.2, 0.25) is 5.02 Å². The number of benzene rings is 3. The average Bonchev–Trinajstić information content (AvgIpc) is 2.72. The molecule has 1 atom stereocenters. The monoisotopic (exact) mass is 380 g/mol. The maximum absolute atomic E-state index is 10.6. The van der Waals surface area contributed by atoms with E-state index in [4.69, 9.17) is 11.6 Å². The van der Waals surface area contributed by atoms with E-state index >= 15 is 0 Å². The van der Waals surface area contributed by atoms with E-state index in [-0.39, 0.29) is 0 Å². The molecule has 0 aliphatic heterocycles. The Hall–Kier alpha value is -2.33. The van der Waals surface area contributed by atoms with Gasteiger partial charge in [0.05, 0.1) is 12.6 Å². The lowest BCUT2D eigenvalue weighted by molar-refractivity contribution is 0.180. The van der Waals surface area contributed by atoms with Crippen molar-refractivity contribution in [2.45, 2.75) is 12.5 Å². The molecule has 1 unspecified atom stereocenters. The minimum atomic E-state index is -0.489. The van der Waals surface area contributed by atoms with Gasteiger partial charge in [0.25, 0.3) is 0 Å². The second kappa shape index (κ2) is 10.1. The van der Waals surface area contributed by atoms with E-state index in [2.05, 4.69) is 34.5 Å². The first-order valence-electron chi connectivity index (χ1n) is 9.24. The minimum absolute atomic E-state index is 0.489. The highest BCUT2D eigenvalue weighted by Crippen LogP contribution is 2.24. The zero-order valence-corrected chi connectivity index (χ0v) is 16.0. The van der Waals surface area contributed by atoms with Crippen LogP contribution in [0.15, 0.2) is 84.9 Å². The molecule has 27 heavy (non-hydrogen) atoms. The first-order chi connectivity index (χ1) is 13.2. The molecule has 0 aliphatic rings. The molecule has 0 saturated carbocycles. The van der Waals surface area contributed by atoms with Gasteiger partial charge in [-0.2, -0.15) is 0 Å². The third kappa shape index (κ3) is 5.83. The number of anilines is 2. The van der Waals surface area contributed by atoms with Crippen molar-refractivity contribution in [2.24, 2.45) is 0 Å². The molecule has 0 saturated heterocycles. The van der Waals surface area contributed by atoms with Crippen LogP contribution < -0.4 is 10.2 Å². The highest BCUT2D eigenvalue weighted by atomic mass is 35.5. The number of rotatable bonds is 9. The van der Waals surface area contributed by atoms with Crippen LogP contribution in [0.3, 0.4) is 0 Å². The van der Waals surface area contributed by atoms with Gasteiger partial charge in [0.2, 0.25) is 0 Å². The van der Waals surface area contributed by atoms with Crippen LogP contribution in [0.4, 0.5) is 11.4 Å². The molecule has 0 aromatic heterocycles. The number of aliphatic hydroxyl groups excluding tert-OH is 1. The summed E-state index contributed by atoms with van der Waals surface area (Å²) >= 11 is 6.19. The van der Waals surface area contributed by atoms with Crippen LogP contribution in [0.25, 0.3) is 0 Å². The molecule has 0 bridgehead atoms. The number of para-hydroxylation sites is 2. The quantitative estimate of drug-likeness (QED) is 0.529. The number of hydrogen-bond acceptors (Lipinski definition) is 3. The Labute approximate surface area is 166 Å². The van der Waals surface area contributed by atoms with Gasteiger partial charge in [-0.05, 0) is 48.9 Å². The molecule has 2 N–H and O–H groups in total. The van der Waals surface area contributed by atoms with E-state index < -0.39 is 6.10 Å². The molecule has 0 aliphatic carbocycles. The van der Waals surface area contributed by atoms with Crippen molar-refractivity contribution in [1.82, 2.24) is 5.32 Å². The van der Waals surface area contributed by atoms with Crippen LogP contribution in [-0.2, 0) is 6.42 Å². The Kier molecular flexibility index (Phi) is 7.28. The SMILES string of the molecule is OC(CNCCc1ccccc1Cl)CN(c1ccccc1)c1ccccc1. The Morgan fingerprint density at radius 3 is 1.96 bits per heavy atom. The van der Waals surface area contributed by atoms with Crippen LogP contribution in [-0.4, -0.2) is 30.8 Å². The third-order valence-corrected chi connectivity index (χ3v) is 4.81. The Morgan fingerprint density at radius 1 is 0.815 bits per heavy atom. The van der Waals surface area contributed by atoms with Gasteiger partial charge in [-0.15, -0.1) is 0 Å². The lowest BCUT2D eigenvalue weighted by Gasteiger charge is -2.27. The topological polar surface area (TPSA) is 35.5 Å². The average molecular weight is 381 g/mol. The van der Waals surface area contributed by atoms with Gasteiger partial charge in [-0.3, -0.25) is 0 Å². The molecule has 0 fully saturated rings. The normalized spacial score (nSPS) is 11.9. The molecule has 4 heteroatoms. The minimum Gasteiger partial charge on any atom is -0.390 e. The maximum Gasteiger partial charge on any atom is 0.0843 e. The molecule has 0 radical (unpaired) electrons. The summed E-state index contributed by atoms with van der Waals surface area (Å²) in [6, 6.07) is 28.2. The standard InChI is InChI=1S/C23H25ClN2O/c24-23-14-8-7-9-19(23)15-16-25-17-22(27)18-26(20-10-3-1-4-11-20)21-12-5-2-6-13-21/h1-14,22,25,27H,15-18H2.